The minimum absolute atomic E-state index is 0.0609. The highest BCUT2D eigenvalue weighted by molar-refractivity contribution is 5.84. The van der Waals surface area contributed by atoms with Crippen molar-refractivity contribution in [2.75, 3.05) is 0 Å². The van der Waals surface area contributed by atoms with Crippen LogP contribution in [0, 0.1) is 6.92 Å². The minimum Gasteiger partial charge on any atom is -0.361 e. The van der Waals surface area contributed by atoms with Crippen LogP contribution in [0.3, 0.4) is 0 Å². The molecule has 0 aliphatic carbocycles. The number of H-pyrrole nitrogens is 2. The predicted molar refractivity (Wildman–Crippen MR) is 110 cm³/mol. The molecule has 2 aromatic heterocycles. The Labute approximate surface area is 162 Å². The minimum atomic E-state index is -4.18. The number of benzene rings is 2. The maximum Gasteiger partial charge on any atom is 0.395 e. The maximum atomic E-state index is 12.8. The number of fused-ring (bicyclic) bond motifs is 2. The Morgan fingerprint density at radius 2 is 1.50 bits per heavy atom. The van der Waals surface area contributed by atoms with Gasteiger partial charge in [0.15, 0.2) is 0 Å². The second kappa shape index (κ2) is 8.13. The number of aryl methyl sites for hydroxylation is 2. The van der Waals surface area contributed by atoms with Gasteiger partial charge in [-0.3, -0.25) is 0 Å². The van der Waals surface area contributed by atoms with Crippen molar-refractivity contribution in [2.45, 2.75) is 45.7 Å². The highest BCUT2D eigenvalue weighted by Gasteiger charge is 2.40. The molecule has 4 aromatic rings. The molecule has 4 rings (SSSR count). The zero-order valence-corrected chi connectivity index (χ0v) is 16.3. The lowest BCUT2D eigenvalue weighted by atomic mass is 9.95. The standard InChI is InChI=1S/C12H12F3N.C11H13N/c1-2-10(12(13,14)15)9-7-16-11-6-4-3-5-8(9)11;1-3-9-8(2)12-11-7-5-4-6-10(9)11/h3-7,10,16H,2H2,1H3;4-7,12H,3H2,1-2H3. The van der Waals surface area contributed by atoms with Crippen LogP contribution in [0.25, 0.3) is 21.8 Å². The van der Waals surface area contributed by atoms with E-state index in [9.17, 15) is 13.2 Å². The van der Waals surface area contributed by atoms with Gasteiger partial charge in [0.1, 0.15) is 0 Å². The summed E-state index contributed by atoms with van der Waals surface area (Å²) in [7, 11) is 0. The highest BCUT2D eigenvalue weighted by atomic mass is 19.4. The molecule has 0 aliphatic rings. The van der Waals surface area contributed by atoms with E-state index >= 15 is 0 Å². The molecule has 2 aromatic carbocycles. The summed E-state index contributed by atoms with van der Waals surface area (Å²) in [5.41, 5.74) is 5.10. The van der Waals surface area contributed by atoms with E-state index in [1.807, 2.05) is 0 Å². The van der Waals surface area contributed by atoms with Crippen molar-refractivity contribution in [2.24, 2.45) is 0 Å². The Hall–Kier alpha value is -2.69. The molecule has 148 valence electrons. The van der Waals surface area contributed by atoms with Crippen molar-refractivity contribution in [3.8, 4) is 0 Å². The number of hydrogen-bond acceptors (Lipinski definition) is 0. The summed E-state index contributed by atoms with van der Waals surface area (Å²) in [6.07, 6.45) is -1.55. The molecule has 2 nitrogen and oxygen atoms in total. The number of aromatic nitrogens is 2. The predicted octanol–water partition coefficient (Wildman–Crippen LogP) is 7.26. The Kier molecular flexibility index (Phi) is 5.82. The summed E-state index contributed by atoms with van der Waals surface area (Å²) in [4.78, 5) is 6.25. The number of hydrogen-bond donors (Lipinski definition) is 2. The van der Waals surface area contributed by atoms with Crippen molar-refractivity contribution in [1.82, 2.24) is 9.97 Å². The molecule has 1 atom stereocenters. The number of nitrogens with one attached hydrogen (secondary N) is 2. The first-order valence-corrected chi connectivity index (χ1v) is 9.55. The van der Waals surface area contributed by atoms with Gasteiger partial charge in [-0.25, -0.2) is 0 Å². The van der Waals surface area contributed by atoms with Crippen LogP contribution < -0.4 is 0 Å². The van der Waals surface area contributed by atoms with Crippen molar-refractivity contribution in [1.29, 1.82) is 0 Å². The van der Waals surface area contributed by atoms with Gasteiger partial charge in [-0.05, 0) is 43.0 Å². The zero-order chi connectivity index (χ0) is 20.3. The van der Waals surface area contributed by atoms with Gasteiger partial charge in [-0.1, -0.05) is 50.2 Å². The SMILES string of the molecule is CCC(c1c[nH]c2ccccc12)C(F)(F)F.CCc1c(C)[nH]c2ccccc12. The molecule has 0 radical (unpaired) electrons. The molecule has 0 aliphatic heterocycles. The fourth-order valence-electron chi connectivity index (χ4n) is 3.80. The van der Waals surface area contributed by atoms with Crippen molar-refractivity contribution >= 4 is 21.8 Å². The molecule has 0 spiro atoms. The third-order valence-corrected chi connectivity index (χ3v) is 5.18. The fourth-order valence-corrected chi connectivity index (χ4v) is 3.80. The van der Waals surface area contributed by atoms with Gasteiger partial charge in [-0.15, -0.1) is 0 Å². The Morgan fingerprint density at radius 1 is 0.893 bits per heavy atom. The van der Waals surface area contributed by atoms with Crippen LogP contribution >= 0.6 is 0 Å². The molecule has 2 N–H and O–H groups in total. The first-order chi connectivity index (χ1) is 13.4. The van der Waals surface area contributed by atoms with Crippen molar-refractivity contribution < 1.29 is 13.2 Å². The number of halogens is 3. The Morgan fingerprint density at radius 3 is 2.11 bits per heavy atom. The average Bonchev–Trinajstić information content (AvgIpc) is 3.22. The quantitative estimate of drug-likeness (QED) is 0.371. The molecular weight excluding hydrogens is 361 g/mol. The molecule has 0 saturated carbocycles. The largest absolute Gasteiger partial charge is 0.395 e. The molecule has 1 unspecified atom stereocenters. The molecule has 28 heavy (non-hydrogen) atoms. The lowest BCUT2D eigenvalue weighted by molar-refractivity contribution is -0.150. The molecular formula is C23H25F3N2. The van der Waals surface area contributed by atoms with Gasteiger partial charge < -0.3 is 9.97 Å². The first-order valence-electron chi connectivity index (χ1n) is 9.55. The number of para-hydroxylation sites is 2. The van der Waals surface area contributed by atoms with E-state index in [0.717, 1.165) is 11.9 Å². The zero-order valence-electron chi connectivity index (χ0n) is 16.3. The van der Waals surface area contributed by atoms with E-state index < -0.39 is 12.1 Å². The highest BCUT2D eigenvalue weighted by Crippen LogP contribution is 2.40. The summed E-state index contributed by atoms with van der Waals surface area (Å²) in [5.74, 6) is -1.39. The Bertz CT molecular complexity index is 1060. The van der Waals surface area contributed by atoms with Crippen LogP contribution in [-0.2, 0) is 6.42 Å². The molecule has 5 heteroatoms. The van der Waals surface area contributed by atoms with E-state index in [2.05, 4.69) is 48.1 Å². The van der Waals surface area contributed by atoms with Gasteiger partial charge in [0.05, 0.1) is 5.92 Å². The van der Waals surface area contributed by atoms with E-state index in [-0.39, 0.29) is 6.42 Å². The summed E-state index contributed by atoms with van der Waals surface area (Å²) >= 11 is 0. The smallest absolute Gasteiger partial charge is 0.361 e. The van der Waals surface area contributed by atoms with Crippen LogP contribution in [0.4, 0.5) is 13.2 Å². The van der Waals surface area contributed by atoms with Crippen LogP contribution in [0.5, 0.6) is 0 Å². The Balaban J connectivity index is 0.000000167. The summed E-state index contributed by atoms with van der Waals surface area (Å²) in [5, 5.41) is 2.03. The molecule has 0 saturated heterocycles. The summed E-state index contributed by atoms with van der Waals surface area (Å²) in [6, 6.07) is 15.5. The van der Waals surface area contributed by atoms with Crippen molar-refractivity contribution in [3.63, 3.8) is 0 Å². The van der Waals surface area contributed by atoms with Gasteiger partial charge in [0, 0.05) is 33.7 Å². The molecule has 2 heterocycles. The topological polar surface area (TPSA) is 31.6 Å². The van der Waals surface area contributed by atoms with Gasteiger partial charge in [-0.2, -0.15) is 13.2 Å². The van der Waals surface area contributed by atoms with Crippen LogP contribution in [0.15, 0.2) is 54.7 Å². The number of alkyl halides is 3. The third-order valence-electron chi connectivity index (χ3n) is 5.18. The number of aromatic amines is 2. The fraction of sp³-hybridized carbons (Fsp3) is 0.304. The lowest BCUT2D eigenvalue weighted by Gasteiger charge is -2.17. The van der Waals surface area contributed by atoms with Crippen LogP contribution in [0.1, 0.15) is 43.0 Å². The second-order valence-corrected chi connectivity index (χ2v) is 6.92. The van der Waals surface area contributed by atoms with Crippen molar-refractivity contribution in [3.05, 3.63) is 71.5 Å². The number of rotatable bonds is 3. The van der Waals surface area contributed by atoms with Gasteiger partial charge >= 0.3 is 6.18 Å². The molecule has 0 fully saturated rings. The monoisotopic (exact) mass is 386 g/mol. The van der Waals surface area contributed by atoms with Crippen LogP contribution in [0.2, 0.25) is 0 Å². The third kappa shape index (κ3) is 3.93. The van der Waals surface area contributed by atoms with E-state index in [1.54, 1.807) is 31.2 Å². The van der Waals surface area contributed by atoms with E-state index in [4.69, 9.17) is 0 Å². The average molecular weight is 386 g/mol. The second-order valence-electron chi connectivity index (χ2n) is 6.92. The van der Waals surface area contributed by atoms with Gasteiger partial charge in [0.2, 0.25) is 0 Å². The molecule has 0 amide bonds. The lowest BCUT2D eigenvalue weighted by Crippen LogP contribution is -2.19. The first kappa shape index (κ1) is 20.1. The summed E-state index contributed by atoms with van der Waals surface area (Å²) in [6.45, 7) is 5.89. The van der Waals surface area contributed by atoms with E-state index in [1.165, 1.54) is 28.4 Å². The normalized spacial score (nSPS) is 12.8. The van der Waals surface area contributed by atoms with Gasteiger partial charge in [0.25, 0.3) is 0 Å². The summed E-state index contributed by atoms with van der Waals surface area (Å²) < 4.78 is 38.4. The maximum absolute atomic E-state index is 12.8. The van der Waals surface area contributed by atoms with E-state index in [0.29, 0.717) is 10.9 Å². The van der Waals surface area contributed by atoms with Crippen LogP contribution in [-0.4, -0.2) is 16.1 Å². The molecule has 0 bridgehead atoms.